The summed E-state index contributed by atoms with van der Waals surface area (Å²) in [4.78, 5) is 2.90. The third-order valence-corrected chi connectivity index (χ3v) is 4.89. The molecule has 96 valence electrons. The molecule has 0 bridgehead atoms. The molecular formula is C14H23NOS. The van der Waals surface area contributed by atoms with Crippen molar-refractivity contribution >= 4 is 11.3 Å². The first-order valence-electron chi connectivity index (χ1n) is 6.51. The van der Waals surface area contributed by atoms with Crippen LogP contribution >= 0.6 is 11.3 Å². The topological polar surface area (TPSA) is 21.3 Å². The second-order valence-corrected chi connectivity index (χ2v) is 6.39. The monoisotopic (exact) mass is 253 g/mol. The molecule has 1 N–H and O–H groups in total. The van der Waals surface area contributed by atoms with Gasteiger partial charge in [-0.25, -0.2) is 0 Å². The highest BCUT2D eigenvalue weighted by atomic mass is 32.1. The summed E-state index contributed by atoms with van der Waals surface area (Å²) >= 11 is 1.92. The van der Waals surface area contributed by atoms with Crippen LogP contribution in [0.15, 0.2) is 6.07 Å². The van der Waals surface area contributed by atoms with E-state index in [2.05, 4.69) is 25.2 Å². The number of ether oxygens (including phenoxy) is 1. The lowest BCUT2D eigenvalue weighted by molar-refractivity contribution is 0.0586. The van der Waals surface area contributed by atoms with Crippen molar-refractivity contribution in [1.82, 2.24) is 5.32 Å². The predicted octanol–water partition coefficient (Wildman–Crippen LogP) is 3.41. The molecule has 0 radical (unpaired) electrons. The van der Waals surface area contributed by atoms with Crippen LogP contribution in [0.3, 0.4) is 0 Å². The van der Waals surface area contributed by atoms with Crippen molar-refractivity contribution in [3.8, 4) is 0 Å². The number of thiophene rings is 1. The lowest BCUT2D eigenvalue weighted by atomic mass is 9.93. The minimum Gasteiger partial charge on any atom is -0.381 e. The fraction of sp³-hybridized carbons (Fsp3) is 0.714. The largest absolute Gasteiger partial charge is 0.381 e. The maximum absolute atomic E-state index is 5.46. The van der Waals surface area contributed by atoms with E-state index in [0.717, 1.165) is 6.54 Å². The maximum atomic E-state index is 5.46. The standard InChI is InChI=1S/C14H23NOS/c1-10-7-14(17-11(10)2)9-15-12-5-4-6-13(8-12)16-3/h7,12-13,15H,4-6,8-9H2,1-3H3. The minimum atomic E-state index is 0.466. The SMILES string of the molecule is COC1CCCC(NCc2cc(C)c(C)s2)C1. The van der Waals surface area contributed by atoms with Crippen LogP contribution in [0.25, 0.3) is 0 Å². The summed E-state index contributed by atoms with van der Waals surface area (Å²) in [6, 6.07) is 2.94. The Morgan fingerprint density at radius 3 is 2.88 bits per heavy atom. The molecule has 0 amide bonds. The summed E-state index contributed by atoms with van der Waals surface area (Å²) in [6.45, 7) is 5.41. The molecule has 1 aromatic rings. The number of nitrogens with one attached hydrogen (secondary N) is 1. The Morgan fingerprint density at radius 1 is 1.41 bits per heavy atom. The normalized spacial score (nSPS) is 25.1. The molecule has 1 heterocycles. The van der Waals surface area contributed by atoms with E-state index in [4.69, 9.17) is 4.74 Å². The van der Waals surface area contributed by atoms with E-state index in [9.17, 15) is 0 Å². The zero-order valence-electron chi connectivity index (χ0n) is 11.1. The Hall–Kier alpha value is -0.380. The van der Waals surface area contributed by atoms with Gasteiger partial charge in [-0.3, -0.25) is 0 Å². The second kappa shape index (κ2) is 5.98. The van der Waals surface area contributed by atoms with Crippen LogP contribution in [0.2, 0.25) is 0 Å². The molecule has 2 rings (SSSR count). The molecule has 2 unspecified atom stereocenters. The Kier molecular flexibility index (Phi) is 4.60. The van der Waals surface area contributed by atoms with Gasteiger partial charge in [0, 0.05) is 29.5 Å². The summed E-state index contributed by atoms with van der Waals surface area (Å²) in [5.74, 6) is 0. The van der Waals surface area contributed by atoms with Crippen molar-refractivity contribution < 1.29 is 4.74 Å². The summed E-state index contributed by atoms with van der Waals surface area (Å²) in [5.41, 5.74) is 1.42. The van der Waals surface area contributed by atoms with Gasteiger partial charge in [-0.1, -0.05) is 0 Å². The fourth-order valence-corrected chi connectivity index (χ4v) is 3.53. The van der Waals surface area contributed by atoms with Crippen molar-refractivity contribution in [3.63, 3.8) is 0 Å². The molecule has 2 atom stereocenters. The second-order valence-electron chi connectivity index (χ2n) is 5.05. The van der Waals surface area contributed by atoms with Crippen LogP contribution in [0.1, 0.15) is 41.0 Å². The number of hydrogen-bond donors (Lipinski definition) is 1. The average molecular weight is 253 g/mol. The summed E-state index contributed by atoms with van der Waals surface area (Å²) < 4.78 is 5.46. The molecule has 3 heteroatoms. The van der Waals surface area contributed by atoms with Gasteiger partial charge in [0.05, 0.1) is 6.10 Å². The average Bonchev–Trinajstić information content (AvgIpc) is 2.67. The van der Waals surface area contributed by atoms with Gasteiger partial charge in [0.1, 0.15) is 0 Å². The molecule has 1 aliphatic rings. The molecule has 17 heavy (non-hydrogen) atoms. The molecule has 0 aliphatic heterocycles. The first-order chi connectivity index (χ1) is 8.19. The van der Waals surface area contributed by atoms with Gasteiger partial charge in [-0.05, 0) is 51.2 Å². The lowest BCUT2D eigenvalue weighted by Crippen LogP contribution is -2.36. The smallest absolute Gasteiger partial charge is 0.0586 e. The van der Waals surface area contributed by atoms with Gasteiger partial charge < -0.3 is 10.1 Å². The highest BCUT2D eigenvalue weighted by Crippen LogP contribution is 2.23. The fourth-order valence-electron chi connectivity index (χ4n) is 2.53. The van der Waals surface area contributed by atoms with Crippen LogP contribution in [0.5, 0.6) is 0 Å². The van der Waals surface area contributed by atoms with Crippen molar-refractivity contribution in [2.24, 2.45) is 0 Å². The van der Waals surface area contributed by atoms with E-state index in [1.807, 2.05) is 18.4 Å². The molecule has 0 spiro atoms. The Bertz CT molecular complexity index is 342. The first-order valence-corrected chi connectivity index (χ1v) is 7.32. The quantitative estimate of drug-likeness (QED) is 0.888. The maximum Gasteiger partial charge on any atom is 0.0586 e. The summed E-state index contributed by atoms with van der Waals surface area (Å²) in [5, 5.41) is 3.67. The molecule has 1 fully saturated rings. The highest BCUT2D eigenvalue weighted by molar-refractivity contribution is 7.12. The molecule has 1 aliphatic carbocycles. The third kappa shape index (κ3) is 3.54. The van der Waals surface area contributed by atoms with E-state index < -0.39 is 0 Å². The Morgan fingerprint density at radius 2 is 2.24 bits per heavy atom. The van der Waals surface area contributed by atoms with Gasteiger partial charge in [-0.15, -0.1) is 11.3 Å². The van der Waals surface area contributed by atoms with Crippen molar-refractivity contribution in [2.45, 2.75) is 58.2 Å². The lowest BCUT2D eigenvalue weighted by Gasteiger charge is -2.28. The Labute approximate surface area is 108 Å². The van der Waals surface area contributed by atoms with Crippen molar-refractivity contribution in [2.75, 3.05) is 7.11 Å². The number of aryl methyl sites for hydroxylation is 2. The van der Waals surface area contributed by atoms with Crippen molar-refractivity contribution in [3.05, 3.63) is 21.4 Å². The molecule has 1 saturated carbocycles. The molecule has 2 nitrogen and oxygen atoms in total. The van der Waals surface area contributed by atoms with Crippen LogP contribution in [-0.4, -0.2) is 19.3 Å². The molecule has 1 aromatic heterocycles. The molecule has 0 saturated heterocycles. The van der Waals surface area contributed by atoms with E-state index in [-0.39, 0.29) is 0 Å². The first kappa shape index (κ1) is 13.1. The van der Waals surface area contributed by atoms with E-state index in [1.165, 1.54) is 41.0 Å². The number of rotatable bonds is 4. The molecular weight excluding hydrogens is 230 g/mol. The zero-order chi connectivity index (χ0) is 12.3. The summed E-state index contributed by atoms with van der Waals surface area (Å²) in [7, 11) is 1.83. The zero-order valence-corrected chi connectivity index (χ0v) is 11.9. The van der Waals surface area contributed by atoms with Gasteiger partial charge in [-0.2, -0.15) is 0 Å². The molecule has 0 aromatic carbocycles. The Balaban J connectivity index is 1.81. The van der Waals surface area contributed by atoms with Crippen LogP contribution in [0, 0.1) is 13.8 Å². The van der Waals surface area contributed by atoms with Gasteiger partial charge in [0.2, 0.25) is 0 Å². The predicted molar refractivity (Wildman–Crippen MR) is 73.7 cm³/mol. The number of methoxy groups -OCH3 is 1. The third-order valence-electron chi connectivity index (χ3n) is 3.74. The van der Waals surface area contributed by atoms with E-state index in [1.54, 1.807) is 0 Å². The summed E-state index contributed by atoms with van der Waals surface area (Å²) in [6.07, 6.45) is 5.45. The van der Waals surface area contributed by atoms with Crippen LogP contribution in [-0.2, 0) is 11.3 Å². The van der Waals surface area contributed by atoms with Crippen molar-refractivity contribution in [1.29, 1.82) is 0 Å². The van der Waals surface area contributed by atoms with Gasteiger partial charge in [0.25, 0.3) is 0 Å². The van der Waals surface area contributed by atoms with Gasteiger partial charge in [0.15, 0.2) is 0 Å². The van der Waals surface area contributed by atoms with Gasteiger partial charge >= 0.3 is 0 Å². The highest BCUT2D eigenvalue weighted by Gasteiger charge is 2.21. The van der Waals surface area contributed by atoms with E-state index >= 15 is 0 Å². The van der Waals surface area contributed by atoms with E-state index in [0.29, 0.717) is 12.1 Å². The number of hydrogen-bond acceptors (Lipinski definition) is 3. The van der Waals surface area contributed by atoms with Crippen LogP contribution in [0.4, 0.5) is 0 Å². The van der Waals surface area contributed by atoms with Crippen LogP contribution < -0.4 is 5.32 Å². The minimum absolute atomic E-state index is 0.466.